The molecule has 0 bridgehead atoms. The van der Waals surface area contributed by atoms with Crippen molar-refractivity contribution in [2.45, 2.75) is 31.8 Å². The van der Waals surface area contributed by atoms with E-state index in [2.05, 4.69) is 38.4 Å². The third-order valence-electron chi connectivity index (χ3n) is 5.27. The van der Waals surface area contributed by atoms with Crippen molar-refractivity contribution in [1.82, 2.24) is 24.9 Å². The number of hydrogen-bond acceptors (Lipinski definition) is 5. The number of halogens is 1. The summed E-state index contributed by atoms with van der Waals surface area (Å²) in [4.78, 5) is 6.46. The summed E-state index contributed by atoms with van der Waals surface area (Å²) in [6.07, 6.45) is 5.69. The van der Waals surface area contributed by atoms with Crippen molar-refractivity contribution in [3.05, 3.63) is 71.6 Å². The predicted molar refractivity (Wildman–Crippen MR) is 104 cm³/mol. The molecule has 0 aliphatic carbocycles. The average molecular weight is 381 g/mol. The third kappa shape index (κ3) is 4.36. The van der Waals surface area contributed by atoms with Crippen LogP contribution in [0.4, 0.5) is 4.39 Å². The van der Waals surface area contributed by atoms with E-state index in [1.54, 1.807) is 24.1 Å². The zero-order chi connectivity index (χ0) is 19.3. The number of piperidine rings is 1. The van der Waals surface area contributed by atoms with Gasteiger partial charge in [-0.15, -0.1) is 5.10 Å². The highest BCUT2D eigenvalue weighted by molar-refractivity contribution is 5.31. The van der Waals surface area contributed by atoms with Gasteiger partial charge in [-0.2, -0.15) is 0 Å². The molecule has 1 aromatic carbocycles. The molecule has 28 heavy (non-hydrogen) atoms. The van der Waals surface area contributed by atoms with Crippen LogP contribution >= 0.6 is 0 Å². The summed E-state index contributed by atoms with van der Waals surface area (Å²) in [5.74, 6) is 1.16. The Morgan fingerprint density at radius 3 is 2.79 bits per heavy atom. The molecule has 2 aromatic heterocycles. The lowest BCUT2D eigenvalue weighted by atomic mass is 9.89. The van der Waals surface area contributed by atoms with E-state index in [4.69, 9.17) is 4.74 Å². The van der Waals surface area contributed by atoms with Crippen molar-refractivity contribution in [2.75, 3.05) is 20.2 Å². The first-order valence-corrected chi connectivity index (χ1v) is 9.56. The zero-order valence-electron chi connectivity index (χ0n) is 16.0. The summed E-state index contributed by atoms with van der Waals surface area (Å²) in [5.41, 5.74) is 2.62. The molecule has 0 unspecified atom stereocenters. The van der Waals surface area contributed by atoms with Gasteiger partial charge in [-0.25, -0.2) is 9.07 Å². The van der Waals surface area contributed by atoms with Crippen LogP contribution in [0.5, 0.6) is 5.75 Å². The molecule has 3 aromatic rings. The van der Waals surface area contributed by atoms with Gasteiger partial charge in [-0.05, 0) is 61.7 Å². The Hall–Kier alpha value is -2.80. The van der Waals surface area contributed by atoms with Crippen LogP contribution in [0.3, 0.4) is 0 Å². The van der Waals surface area contributed by atoms with Crippen LogP contribution in [0.1, 0.15) is 35.7 Å². The lowest BCUT2D eigenvalue weighted by Gasteiger charge is -2.31. The number of methoxy groups -OCH3 is 1. The number of aromatic nitrogens is 4. The molecule has 0 N–H and O–H groups in total. The highest BCUT2D eigenvalue weighted by Crippen LogP contribution is 2.30. The van der Waals surface area contributed by atoms with E-state index in [1.165, 1.54) is 11.6 Å². The van der Waals surface area contributed by atoms with Crippen molar-refractivity contribution in [1.29, 1.82) is 0 Å². The number of hydrogen-bond donors (Lipinski definition) is 0. The molecule has 0 saturated carbocycles. The molecular weight excluding hydrogens is 357 g/mol. The topological polar surface area (TPSA) is 56.1 Å². The van der Waals surface area contributed by atoms with E-state index >= 15 is 0 Å². The minimum absolute atomic E-state index is 0.289. The van der Waals surface area contributed by atoms with E-state index in [0.717, 1.165) is 43.9 Å². The summed E-state index contributed by atoms with van der Waals surface area (Å²) < 4.78 is 20.7. The Balaban J connectivity index is 1.31. The second kappa shape index (κ2) is 8.48. The maximum absolute atomic E-state index is 13.7. The fraction of sp³-hybridized carbons (Fsp3) is 0.381. The Morgan fingerprint density at radius 1 is 1.14 bits per heavy atom. The number of nitrogens with zero attached hydrogens (tertiary/aromatic N) is 5. The van der Waals surface area contributed by atoms with E-state index in [1.807, 2.05) is 12.3 Å². The predicted octanol–water partition coefficient (Wildman–Crippen LogP) is 3.25. The first-order chi connectivity index (χ1) is 13.7. The van der Waals surface area contributed by atoms with Crippen LogP contribution in [0.25, 0.3) is 0 Å². The van der Waals surface area contributed by atoms with Crippen molar-refractivity contribution < 1.29 is 9.13 Å². The molecule has 0 radical (unpaired) electrons. The third-order valence-corrected chi connectivity index (χ3v) is 5.27. The van der Waals surface area contributed by atoms with Crippen LogP contribution in [-0.4, -0.2) is 45.1 Å². The van der Waals surface area contributed by atoms with Gasteiger partial charge in [0, 0.05) is 12.7 Å². The molecule has 1 aliphatic heterocycles. The van der Waals surface area contributed by atoms with Gasteiger partial charge in [0.2, 0.25) is 0 Å². The molecule has 4 rings (SSSR count). The molecule has 0 amide bonds. The lowest BCUT2D eigenvalue weighted by molar-refractivity contribution is 0.202. The Labute approximate surface area is 164 Å². The van der Waals surface area contributed by atoms with Crippen LogP contribution in [0.2, 0.25) is 0 Å². The molecule has 0 atom stereocenters. The minimum atomic E-state index is -0.320. The van der Waals surface area contributed by atoms with Gasteiger partial charge in [0.25, 0.3) is 0 Å². The van der Waals surface area contributed by atoms with Gasteiger partial charge < -0.3 is 4.74 Å². The Bertz CT molecular complexity index is 920. The SMILES string of the molecule is COc1cccc(C2CCN(Cc3cn(Cc4ncccc4F)nn3)CC2)c1. The fourth-order valence-electron chi connectivity index (χ4n) is 3.73. The largest absolute Gasteiger partial charge is 0.497 e. The van der Waals surface area contributed by atoms with E-state index in [-0.39, 0.29) is 12.4 Å². The molecule has 3 heterocycles. The van der Waals surface area contributed by atoms with E-state index in [9.17, 15) is 4.39 Å². The normalized spacial score (nSPS) is 15.6. The number of pyridine rings is 1. The quantitative estimate of drug-likeness (QED) is 0.656. The van der Waals surface area contributed by atoms with Gasteiger partial charge in [-0.1, -0.05) is 17.3 Å². The molecule has 1 fully saturated rings. The number of likely N-dealkylation sites (tertiary alicyclic amines) is 1. The van der Waals surface area contributed by atoms with Crippen LogP contribution < -0.4 is 4.74 Å². The second-order valence-electron chi connectivity index (χ2n) is 7.17. The summed E-state index contributed by atoms with van der Waals surface area (Å²) in [6, 6.07) is 11.4. The van der Waals surface area contributed by atoms with E-state index < -0.39 is 0 Å². The standard InChI is InChI=1S/C21H24FN5O/c1-28-19-5-2-4-17(12-19)16-7-10-26(11-8-16)13-18-14-27(25-24-18)15-21-20(22)6-3-9-23-21/h2-6,9,12,14,16H,7-8,10-11,13,15H2,1H3. The molecule has 6 nitrogen and oxygen atoms in total. The molecule has 7 heteroatoms. The van der Waals surface area contributed by atoms with Crippen molar-refractivity contribution in [3.8, 4) is 5.75 Å². The maximum atomic E-state index is 13.7. The van der Waals surface area contributed by atoms with Gasteiger partial charge >= 0.3 is 0 Å². The van der Waals surface area contributed by atoms with Crippen LogP contribution in [0.15, 0.2) is 48.8 Å². The highest BCUT2D eigenvalue weighted by Gasteiger charge is 2.21. The van der Waals surface area contributed by atoms with Gasteiger partial charge in [0.05, 0.1) is 31.2 Å². The molecule has 1 aliphatic rings. The first kappa shape index (κ1) is 18.6. The van der Waals surface area contributed by atoms with Crippen LogP contribution in [-0.2, 0) is 13.1 Å². The van der Waals surface area contributed by atoms with Crippen molar-refractivity contribution in [2.24, 2.45) is 0 Å². The van der Waals surface area contributed by atoms with E-state index in [0.29, 0.717) is 11.6 Å². The summed E-state index contributed by atoms with van der Waals surface area (Å²) in [5, 5.41) is 8.36. The first-order valence-electron chi connectivity index (χ1n) is 9.56. The van der Waals surface area contributed by atoms with Gasteiger partial charge in [0.15, 0.2) is 0 Å². The average Bonchev–Trinajstić information content (AvgIpc) is 3.17. The Morgan fingerprint density at radius 2 is 2.00 bits per heavy atom. The number of rotatable bonds is 6. The van der Waals surface area contributed by atoms with Crippen LogP contribution in [0, 0.1) is 5.82 Å². The molecule has 146 valence electrons. The van der Waals surface area contributed by atoms with Crippen molar-refractivity contribution in [3.63, 3.8) is 0 Å². The lowest BCUT2D eigenvalue weighted by Crippen LogP contribution is -2.32. The molecule has 0 spiro atoms. The smallest absolute Gasteiger partial charge is 0.146 e. The van der Waals surface area contributed by atoms with Crippen molar-refractivity contribution >= 4 is 0 Å². The summed E-state index contributed by atoms with van der Waals surface area (Å²) in [6.45, 7) is 3.08. The molecule has 1 saturated heterocycles. The Kier molecular flexibility index (Phi) is 5.62. The number of benzene rings is 1. The fourth-order valence-corrected chi connectivity index (χ4v) is 3.73. The molecular formula is C21H24FN5O. The minimum Gasteiger partial charge on any atom is -0.497 e. The summed E-state index contributed by atoms with van der Waals surface area (Å²) in [7, 11) is 1.71. The number of ether oxygens (including phenoxy) is 1. The maximum Gasteiger partial charge on any atom is 0.146 e. The monoisotopic (exact) mass is 381 g/mol. The zero-order valence-corrected chi connectivity index (χ0v) is 16.0. The summed E-state index contributed by atoms with van der Waals surface area (Å²) >= 11 is 0. The second-order valence-corrected chi connectivity index (χ2v) is 7.17. The van der Waals surface area contributed by atoms with Gasteiger partial charge in [0.1, 0.15) is 11.6 Å². The highest BCUT2D eigenvalue weighted by atomic mass is 19.1. The van der Waals surface area contributed by atoms with Gasteiger partial charge in [-0.3, -0.25) is 9.88 Å².